The third-order valence-electron chi connectivity index (χ3n) is 4.16. The predicted molar refractivity (Wildman–Crippen MR) is 103 cm³/mol. The van der Waals surface area contributed by atoms with Gasteiger partial charge in [-0.3, -0.25) is 4.79 Å². The topological polar surface area (TPSA) is 38.3 Å². The van der Waals surface area contributed by atoms with E-state index >= 15 is 0 Å². The van der Waals surface area contributed by atoms with Crippen LogP contribution in [-0.4, -0.2) is 12.5 Å². The monoisotopic (exact) mass is 389 g/mol. The molecule has 2 rings (SSSR count). The number of ether oxygens (including phenoxy) is 1. The minimum Gasteiger partial charge on any atom is -0.483 e. The molecule has 0 saturated heterocycles. The Bertz CT molecular complexity index is 728. The van der Waals surface area contributed by atoms with E-state index < -0.39 is 0 Å². The smallest absolute Gasteiger partial charge is 0.262 e. The Morgan fingerprint density at radius 2 is 1.96 bits per heavy atom. The first kappa shape index (κ1) is 18.5. The molecule has 0 radical (unpaired) electrons. The number of rotatable bonds is 6. The number of hydrogen-bond donors (Lipinski definition) is 1. The summed E-state index contributed by atoms with van der Waals surface area (Å²) in [7, 11) is 0. The highest BCUT2D eigenvalue weighted by Gasteiger charge is 2.10. The van der Waals surface area contributed by atoms with Crippen LogP contribution >= 0.6 is 15.9 Å². The maximum absolute atomic E-state index is 12.1. The Morgan fingerprint density at radius 3 is 2.62 bits per heavy atom. The van der Waals surface area contributed by atoms with Gasteiger partial charge in [0, 0.05) is 5.69 Å². The summed E-state index contributed by atoms with van der Waals surface area (Å²) < 4.78 is 6.53. The first-order chi connectivity index (χ1) is 11.4. The summed E-state index contributed by atoms with van der Waals surface area (Å²) >= 11 is 3.53. The zero-order chi connectivity index (χ0) is 17.7. The number of benzene rings is 2. The van der Waals surface area contributed by atoms with Crippen LogP contribution in [0.15, 0.2) is 40.9 Å². The van der Waals surface area contributed by atoms with Crippen LogP contribution < -0.4 is 10.1 Å². The summed E-state index contributed by atoms with van der Waals surface area (Å²) in [6, 6.07) is 12.0. The third kappa shape index (κ3) is 4.84. The minimum atomic E-state index is -0.165. The van der Waals surface area contributed by atoms with Gasteiger partial charge in [-0.1, -0.05) is 32.0 Å². The van der Waals surface area contributed by atoms with Gasteiger partial charge in [0.05, 0.1) is 4.47 Å². The number of aryl methyl sites for hydroxylation is 2. The summed E-state index contributed by atoms with van der Waals surface area (Å²) in [4.78, 5) is 12.1. The van der Waals surface area contributed by atoms with Gasteiger partial charge >= 0.3 is 0 Å². The molecule has 0 aliphatic rings. The molecule has 2 aromatic carbocycles. The van der Waals surface area contributed by atoms with Gasteiger partial charge in [-0.2, -0.15) is 0 Å². The van der Waals surface area contributed by atoms with E-state index in [1.165, 1.54) is 5.56 Å². The molecule has 24 heavy (non-hydrogen) atoms. The Labute approximate surface area is 152 Å². The molecule has 1 N–H and O–H groups in total. The van der Waals surface area contributed by atoms with E-state index in [0.29, 0.717) is 11.7 Å². The van der Waals surface area contributed by atoms with Crippen LogP contribution in [0.4, 0.5) is 5.69 Å². The van der Waals surface area contributed by atoms with Crippen molar-refractivity contribution in [2.24, 2.45) is 0 Å². The van der Waals surface area contributed by atoms with E-state index in [4.69, 9.17) is 4.74 Å². The molecule has 0 bridgehead atoms. The van der Waals surface area contributed by atoms with E-state index in [9.17, 15) is 4.79 Å². The van der Waals surface area contributed by atoms with Gasteiger partial charge < -0.3 is 10.1 Å². The summed E-state index contributed by atoms with van der Waals surface area (Å²) in [5.74, 6) is 1.02. The maximum Gasteiger partial charge on any atom is 0.262 e. The number of carbonyl (C=O) groups excluding carboxylic acids is 1. The summed E-state index contributed by atoms with van der Waals surface area (Å²) in [6.45, 7) is 8.32. The van der Waals surface area contributed by atoms with Crippen LogP contribution in [0, 0.1) is 13.8 Å². The van der Waals surface area contributed by atoms with E-state index in [0.717, 1.165) is 27.7 Å². The second-order valence-corrected chi connectivity index (χ2v) is 7.01. The van der Waals surface area contributed by atoms with Crippen molar-refractivity contribution in [3.63, 3.8) is 0 Å². The number of nitrogens with one attached hydrogen (secondary N) is 1. The Kier molecular flexibility index (Phi) is 6.44. The van der Waals surface area contributed by atoms with E-state index in [2.05, 4.69) is 47.2 Å². The molecule has 0 spiro atoms. The molecule has 0 aromatic heterocycles. The number of anilines is 1. The molecule has 0 saturated carbocycles. The van der Waals surface area contributed by atoms with Crippen molar-refractivity contribution in [1.82, 2.24) is 0 Å². The lowest BCUT2D eigenvalue weighted by Gasteiger charge is -2.13. The van der Waals surface area contributed by atoms with Crippen molar-refractivity contribution in [1.29, 1.82) is 0 Å². The fraction of sp³-hybridized carbons (Fsp3) is 0.350. The molecule has 0 heterocycles. The van der Waals surface area contributed by atoms with Crippen molar-refractivity contribution >= 4 is 27.5 Å². The van der Waals surface area contributed by atoms with Crippen LogP contribution in [0.3, 0.4) is 0 Å². The number of carbonyl (C=O) groups is 1. The summed E-state index contributed by atoms with van der Waals surface area (Å²) in [5, 5.41) is 2.90. The quantitative estimate of drug-likeness (QED) is 0.698. The number of hydrogen-bond acceptors (Lipinski definition) is 2. The molecule has 0 aliphatic heterocycles. The lowest BCUT2D eigenvalue weighted by molar-refractivity contribution is -0.118. The second-order valence-electron chi connectivity index (χ2n) is 6.15. The molecule has 2 aromatic rings. The molecular formula is C20H24BrNO2. The predicted octanol–water partition coefficient (Wildman–Crippen LogP) is 5.60. The fourth-order valence-corrected chi connectivity index (χ4v) is 2.89. The van der Waals surface area contributed by atoms with Crippen LogP contribution in [0.5, 0.6) is 5.75 Å². The van der Waals surface area contributed by atoms with Crippen LogP contribution in [0.2, 0.25) is 0 Å². The maximum atomic E-state index is 12.1. The van der Waals surface area contributed by atoms with Gasteiger partial charge in [0.2, 0.25) is 0 Å². The van der Waals surface area contributed by atoms with E-state index in [-0.39, 0.29) is 12.5 Å². The Hall–Kier alpha value is -1.81. The van der Waals surface area contributed by atoms with Gasteiger partial charge in [-0.05, 0) is 77.0 Å². The van der Waals surface area contributed by atoms with Crippen molar-refractivity contribution in [3.05, 3.63) is 57.6 Å². The average molecular weight is 390 g/mol. The van der Waals surface area contributed by atoms with Gasteiger partial charge in [0.1, 0.15) is 5.75 Å². The van der Waals surface area contributed by atoms with Gasteiger partial charge in [-0.15, -0.1) is 0 Å². The van der Waals surface area contributed by atoms with E-state index in [1.807, 2.05) is 38.1 Å². The first-order valence-electron chi connectivity index (χ1n) is 8.20. The van der Waals surface area contributed by atoms with Crippen molar-refractivity contribution in [3.8, 4) is 5.75 Å². The zero-order valence-electron chi connectivity index (χ0n) is 14.7. The van der Waals surface area contributed by atoms with Gasteiger partial charge in [0.15, 0.2) is 6.61 Å². The van der Waals surface area contributed by atoms with Crippen molar-refractivity contribution < 1.29 is 9.53 Å². The molecule has 4 heteroatoms. The van der Waals surface area contributed by atoms with E-state index in [1.54, 1.807) is 0 Å². The molecule has 1 unspecified atom stereocenters. The summed E-state index contributed by atoms with van der Waals surface area (Å²) in [5.41, 5.74) is 4.24. The highest BCUT2D eigenvalue weighted by atomic mass is 79.9. The third-order valence-corrected chi connectivity index (χ3v) is 4.78. The Morgan fingerprint density at radius 1 is 1.21 bits per heavy atom. The van der Waals surface area contributed by atoms with Gasteiger partial charge in [-0.25, -0.2) is 0 Å². The second kappa shape index (κ2) is 8.34. The van der Waals surface area contributed by atoms with Crippen LogP contribution in [-0.2, 0) is 4.79 Å². The highest BCUT2D eigenvalue weighted by Crippen LogP contribution is 2.30. The first-order valence-corrected chi connectivity index (χ1v) is 8.99. The normalized spacial score (nSPS) is 11.9. The highest BCUT2D eigenvalue weighted by molar-refractivity contribution is 9.10. The van der Waals surface area contributed by atoms with Gasteiger partial charge in [0.25, 0.3) is 5.91 Å². The zero-order valence-corrected chi connectivity index (χ0v) is 16.2. The van der Waals surface area contributed by atoms with Crippen molar-refractivity contribution in [2.75, 3.05) is 11.9 Å². The Balaban J connectivity index is 1.98. The lowest BCUT2D eigenvalue weighted by Crippen LogP contribution is -2.20. The standard InChI is InChI=1S/C20H24BrNO2/c1-5-14(3)16-8-9-19(17(21)11-16)24-12-20(23)22-18-10-13(2)6-7-15(18)4/h6-11,14H,5,12H2,1-4H3,(H,22,23). The van der Waals surface area contributed by atoms with Crippen LogP contribution in [0.25, 0.3) is 0 Å². The summed E-state index contributed by atoms with van der Waals surface area (Å²) in [6.07, 6.45) is 1.09. The molecular weight excluding hydrogens is 366 g/mol. The molecule has 1 amide bonds. The van der Waals surface area contributed by atoms with Crippen LogP contribution in [0.1, 0.15) is 42.9 Å². The number of amides is 1. The average Bonchev–Trinajstić information content (AvgIpc) is 2.56. The fourth-order valence-electron chi connectivity index (χ4n) is 2.38. The van der Waals surface area contributed by atoms with Crippen molar-refractivity contribution in [2.45, 2.75) is 40.0 Å². The minimum absolute atomic E-state index is 0.0192. The molecule has 1 atom stereocenters. The number of halogens is 1. The lowest BCUT2D eigenvalue weighted by atomic mass is 9.99. The molecule has 128 valence electrons. The molecule has 0 fully saturated rings. The molecule has 0 aliphatic carbocycles. The molecule has 3 nitrogen and oxygen atoms in total. The largest absolute Gasteiger partial charge is 0.483 e. The SMILES string of the molecule is CCC(C)c1ccc(OCC(=O)Nc2cc(C)ccc2C)c(Br)c1.